The maximum atomic E-state index is 13.4. The maximum absolute atomic E-state index is 13.4. The summed E-state index contributed by atoms with van der Waals surface area (Å²) in [7, 11) is 0. The monoisotopic (exact) mass is 364 g/mol. The Morgan fingerprint density at radius 1 is 1.26 bits per heavy atom. The van der Waals surface area contributed by atoms with E-state index in [1.807, 2.05) is 12.3 Å². The molecule has 0 aliphatic carbocycles. The van der Waals surface area contributed by atoms with E-state index in [9.17, 15) is 4.39 Å². The summed E-state index contributed by atoms with van der Waals surface area (Å²) in [6.07, 6.45) is 6.66. The van der Waals surface area contributed by atoms with Crippen molar-refractivity contribution in [3.05, 3.63) is 66.1 Å². The number of aromatic amines is 1. The van der Waals surface area contributed by atoms with Gasteiger partial charge in [-0.1, -0.05) is 11.2 Å². The average Bonchev–Trinajstić information content (AvgIpc) is 3.42. The topological polar surface area (TPSA) is 71.1 Å². The highest BCUT2D eigenvalue weighted by atomic mass is 19.1. The number of nitrogens with zero attached hydrogens (tertiary/aromatic N) is 3. The zero-order valence-electron chi connectivity index (χ0n) is 14.5. The predicted octanol–water partition coefficient (Wildman–Crippen LogP) is 4.24. The molecule has 0 saturated carbocycles. The first-order valence-corrected chi connectivity index (χ1v) is 8.81. The van der Waals surface area contributed by atoms with Crippen LogP contribution < -0.4 is 0 Å². The number of aromatic nitrogens is 3. The number of furan rings is 1. The van der Waals surface area contributed by atoms with E-state index in [0.717, 1.165) is 36.0 Å². The number of benzene rings is 1. The largest absolute Gasteiger partial charge is 0.461 e. The molecule has 1 aliphatic heterocycles. The van der Waals surface area contributed by atoms with E-state index in [2.05, 4.69) is 26.1 Å². The van der Waals surface area contributed by atoms with Crippen LogP contribution in [0.1, 0.15) is 17.9 Å². The molecule has 27 heavy (non-hydrogen) atoms. The van der Waals surface area contributed by atoms with Crippen molar-refractivity contribution < 1.29 is 13.3 Å². The van der Waals surface area contributed by atoms with Gasteiger partial charge >= 0.3 is 0 Å². The van der Waals surface area contributed by atoms with Gasteiger partial charge in [0.05, 0.1) is 12.8 Å². The highest BCUT2D eigenvalue weighted by molar-refractivity contribution is 5.92. The van der Waals surface area contributed by atoms with Crippen LogP contribution >= 0.6 is 0 Å². The summed E-state index contributed by atoms with van der Waals surface area (Å²) in [5.74, 6) is 1.41. The van der Waals surface area contributed by atoms with Gasteiger partial charge in [-0.3, -0.25) is 4.90 Å². The van der Waals surface area contributed by atoms with Crippen molar-refractivity contribution in [1.29, 1.82) is 0 Å². The quantitative estimate of drug-likeness (QED) is 0.586. The van der Waals surface area contributed by atoms with E-state index in [0.29, 0.717) is 24.0 Å². The van der Waals surface area contributed by atoms with Gasteiger partial charge in [0.1, 0.15) is 5.82 Å². The van der Waals surface area contributed by atoms with Crippen molar-refractivity contribution in [3.8, 4) is 11.6 Å². The summed E-state index contributed by atoms with van der Waals surface area (Å²) < 4.78 is 24.0. The molecule has 0 spiro atoms. The van der Waals surface area contributed by atoms with Crippen LogP contribution in [-0.4, -0.2) is 33.1 Å². The SMILES string of the molecule is Fc1ccc2c(C3=CCN(Cc4nc(-c5ccco5)no4)CC3)c[nH]c2c1. The minimum atomic E-state index is -0.229. The summed E-state index contributed by atoms with van der Waals surface area (Å²) in [5, 5.41) is 5.02. The Balaban J connectivity index is 1.30. The van der Waals surface area contributed by atoms with Gasteiger partial charge in [0.25, 0.3) is 0 Å². The Bertz CT molecular complexity index is 1110. The van der Waals surface area contributed by atoms with Crippen molar-refractivity contribution in [1.82, 2.24) is 20.0 Å². The second-order valence-corrected chi connectivity index (χ2v) is 6.60. The second kappa shape index (κ2) is 6.51. The van der Waals surface area contributed by atoms with Crippen LogP contribution in [0.3, 0.4) is 0 Å². The van der Waals surface area contributed by atoms with Crippen molar-refractivity contribution in [3.63, 3.8) is 0 Å². The van der Waals surface area contributed by atoms with Crippen LogP contribution in [-0.2, 0) is 6.54 Å². The average molecular weight is 364 g/mol. The molecule has 1 N–H and O–H groups in total. The van der Waals surface area contributed by atoms with Crippen LogP contribution in [0.4, 0.5) is 4.39 Å². The first-order chi connectivity index (χ1) is 13.3. The molecule has 0 amide bonds. The summed E-state index contributed by atoms with van der Waals surface area (Å²) in [6, 6.07) is 8.46. The van der Waals surface area contributed by atoms with Gasteiger partial charge in [-0.2, -0.15) is 4.98 Å². The standard InChI is InChI=1S/C20H17FN4O2/c21-14-3-4-15-16(11-22-17(15)10-14)13-5-7-25(8-6-13)12-19-23-20(24-27-19)18-2-1-9-26-18/h1-5,9-11,22H,6-8,12H2. The van der Waals surface area contributed by atoms with Crippen LogP contribution in [0.5, 0.6) is 0 Å². The number of hydrogen-bond acceptors (Lipinski definition) is 5. The van der Waals surface area contributed by atoms with E-state index in [4.69, 9.17) is 8.94 Å². The molecule has 3 aromatic heterocycles. The third-order valence-corrected chi connectivity index (χ3v) is 4.85. The first-order valence-electron chi connectivity index (χ1n) is 8.81. The Labute approximate surface area is 154 Å². The molecular formula is C20H17FN4O2. The molecule has 0 saturated heterocycles. The predicted molar refractivity (Wildman–Crippen MR) is 98.1 cm³/mol. The highest BCUT2D eigenvalue weighted by Gasteiger charge is 2.19. The molecule has 1 aliphatic rings. The molecule has 4 heterocycles. The molecule has 136 valence electrons. The highest BCUT2D eigenvalue weighted by Crippen LogP contribution is 2.30. The Morgan fingerprint density at radius 2 is 2.22 bits per heavy atom. The van der Waals surface area contributed by atoms with Crippen molar-refractivity contribution >= 4 is 16.5 Å². The summed E-state index contributed by atoms with van der Waals surface area (Å²) in [6.45, 7) is 2.27. The Kier molecular flexibility index (Phi) is 3.86. The van der Waals surface area contributed by atoms with Gasteiger partial charge in [0.2, 0.25) is 11.7 Å². The molecule has 0 radical (unpaired) electrons. The van der Waals surface area contributed by atoms with E-state index in [-0.39, 0.29) is 5.82 Å². The molecule has 7 heteroatoms. The molecule has 0 atom stereocenters. The van der Waals surface area contributed by atoms with Gasteiger partial charge < -0.3 is 13.9 Å². The number of H-pyrrole nitrogens is 1. The fourth-order valence-electron chi connectivity index (χ4n) is 3.48. The van der Waals surface area contributed by atoms with Crippen LogP contribution in [0.15, 0.2) is 57.8 Å². The van der Waals surface area contributed by atoms with E-state index < -0.39 is 0 Å². The van der Waals surface area contributed by atoms with Crippen molar-refractivity contribution in [2.24, 2.45) is 0 Å². The van der Waals surface area contributed by atoms with Crippen LogP contribution in [0.25, 0.3) is 28.1 Å². The third kappa shape index (κ3) is 3.06. The summed E-state index contributed by atoms with van der Waals surface area (Å²) in [5.41, 5.74) is 3.23. The normalized spacial score (nSPS) is 15.4. The van der Waals surface area contributed by atoms with Gasteiger partial charge in [-0.05, 0) is 42.3 Å². The summed E-state index contributed by atoms with van der Waals surface area (Å²) in [4.78, 5) is 9.79. The summed E-state index contributed by atoms with van der Waals surface area (Å²) >= 11 is 0. The number of rotatable bonds is 4. The van der Waals surface area contributed by atoms with Crippen LogP contribution in [0.2, 0.25) is 0 Å². The number of nitrogens with one attached hydrogen (secondary N) is 1. The second-order valence-electron chi connectivity index (χ2n) is 6.60. The van der Waals surface area contributed by atoms with Crippen LogP contribution in [0, 0.1) is 5.82 Å². The van der Waals surface area contributed by atoms with E-state index >= 15 is 0 Å². The lowest BCUT2D eigenvalue weighted by molar-refractivity contribution is 0.245. The van der Waals surface area contributed by atoms with E-state index in [1.165, 1.54) is 17.7 Å². The molecule has 0 unspecified atom stereocenters. The smallest absolute Gasteiger partial charge is 0.241 e. The fraction of sp³-hybridized carbons (Fsp3) is 0.200. The lowest BCUT2D eigenvalue weighted by Gasteiger charge is -2.24. The first kappa shape index (κ1) is 16.0. The third-order valence-electron chi connectivity index (χ3n) is 4.85. The zero-order chi connectivity index (χ0) is 18.2. The molecule has 5 rings (SSSR count). The number of halogens is 1. The van der Waals surface area contributed by atoms with Gasteiger partial charge in [-0.25, -0.2) is 4.39 Å². The minimum absolute atomic E-state index is 0.229. The fourth-order valence-corrected chi connectivity index (χ4v) is 3.48. The van der Waals surface area contributed by atoms with Gasteiger partial charge in [-0.15, -0.1) is 0 Å². The molecule has 0 bridgehead atoms. The molecule has 4 aromatic rings. The van der Waals surface area contributed by atoms with Gasteiger partial charge in [0.15, 0.2) is 5.76 Å². The molecule has 0 fully saturated rings. The number of fused-ring (bicyclic) bond motifs is 1. The molecule has 1 aromatic carbocycles. The zero-order valence-corrected chi connectivity index (χ0v) is 14.5. The molecular weight excluding hydrogens is 347 g/mol. The van der Waals surface area contributed by atoms with E-state index in [1.54, 1.807) is 18.4 Å². The Hall–Kier alpha value is -3.19. The van der Waals surface area contributed by atoms with Crippen molar-refractivity contribution in [2.45, 2.75) is 13.0 Å². The lowest BCUT2D eigenvalue weighted by Crippen LogP contribution is -2.28. The maximum Gasteiger partial charge on any atom is 0.241 e. The lowest BCUT2D eigenvalue weighted by atomic mass is 9.99. The number of hydrogen-bond donors (Lipinski definition) is 1. The van der Waals surface area contributed by atoms with Gasteiger partial charge in [0, 0.05) is 35.8 Å². The van der Waals surface area contributed by atoms with Crippen molar-refractivity contribution in [2.75, 3.05) is 13.1 Å². The minimum Gasteiger partial charge on any atom is -0.461 e. The molecule has 6 nitrogen and oxygen atoms in total. The Morgan fingerprint density at radius 3 is 3.04 bits per heavy atom.